The fourth-order valence-electron chi connectivity index (χ4n) is 2.41. The summed E-state index contributed by atoms with van der Waals surface area (Å²) in [6.45, 7) is 9.76. The minimum Gasteiger partial charge on any atom is -0.350 e. The first-order chi connectivity index (χ1) is 8.13. The van der Waals surface area contributed by atoms with Gasteiger partial charge in [-0.25, -0.2) is 9.97 Å². The van der Waals surface area contributed by atoms with Crippen LogP contribution in [-0.2, 0) is 0 Å². The van der Waals surface area contributed by atoms with E-state index < -0.39 is 0 Å². The van der Waals surface area contributed by atoms with Crippen molar-refractivity contribution in [1.29, 1.82) is 0 Å². The highest BCUT2D eigenvalue weighted by Gasteiger charge is 2.15. The van der Waals surface area contributed by atoms with Crippen LogP contribution in [0.3, 0.4) is 0 Å². The molecule has 0 radical (unpaired) electrons. The molecule has 4 heteroatoms. The van der Waals surface area contributed by atoms with Gasteiger partial charge in [-0.15, -0.1) is 0 Å². The van der Waals surface area contributed by atoms with Gasteiger partial charge < -0.3 is 10.2 Å². The van der Waals surface area contributed by atoms with E-state index in [1.54, 1.807) is 0 Å². The summed E-state index contributed by atoms with van der Waals surface area (Å²) in [7, 11) is 0. The Kier molecular flexibility index (Phi) is 3.94. The smallest absolute Gasteiger partial charge is 0.223 e. The Morgan fingerprint density at radius 3 is 2.41 bits per heavy atom. The van der Waals surface area contributed by atoms with E-state index in [1.165, 1.54) is 25.9 Å². The SMILES string of the molecule is Cc1cc(C)nc(NC(C)CN2CCCC2)n1. The fraction of sp³-hybridized carbons (Fsp3) is 0.692. The Labute approximate surface area is 103 Å². The number of hydrogen-bond acceptors (Lipinski definition) is 4. The third kappa shape index (κ3) is 3.66. The molecule has 0 saturated carbocycles. The molecule has 1 aromatic heterocycles. The average molecular weight is 234 g/mol. The maximum atomic E-state index is 4.41. The van der Waals surface area contributed by atoms with Crippen LogP contribution in [0.5, 0.6) is 0 Å². The van der Waals surface area contributed by atoms with Crippen LogP contribution in [0.4, 0.5) is 5.95 Å². The van der Waals surface area contributed by atoms with E-state index in [9.17, 15) is 0 Å². The van der Waals surface area contributed by atoms with E-state index in [-0.39, 0.29) is 0 Å². The third-order valence-corrected chi connectivity index (χ3v) is 3.09. The highest BCUT2D eigenvalue weighted by atomic mass is 15.2. The van der Waals surface area contributed by atoms with Crippen molar-refractivity contribution < 1.29 is 0 Å². The van der Waals surface area contributed by atoms with Crippen molar-refractivity contribution in [2.75, 3.05) is 25.0 Å². The number of nitrogens with one attached hydrogen (secondary N) is 1. The van der Waals surface area contributed by atoms with Crippen molar-refractivity contribution in [3.8, 4) is 0 Å². The third-order valence-electron chi connectivity index (χ3n) is 3.09. The van der Waals surface area contributed by atoms with Crippen molar-refractivity contribution in [3.05, 3.63) is 17.5 Å². The summed E-state index contributed by atoms with van der Waals surface area (Å²) in [5, 5.41) is 3.39. The summed E-state index contributed by atoms with van der Waals surface area (Å²) in [4.78, 5) is 11.3. The molecule has 1 aromatic rings. The highest BCUT2D eigenvalue weighted by molar-refractivity contribution is 5.28. The van der Waals surface area contributed by atoms with Crippen LogP contribution in [0.2, 0.25) is 0 Å². The van der Waals surface area contributed by atoms with Crippen LogP contribution in [0.25, 0.3) is 0 Å². The maximum absolute atomic E-state index is 4.41. The summed E-state index contributed by atoms with van der Waals surface area (Å²) in [5.41, 5.74) is 2.04. The van der Waals surface area contributed by atoms with Gasteiger partial charge in [-0.1, -0.05) is 0 Å². The highest BCUT2D eigenvalue weighted by Crippen LogP contribution is 2.10. The van der Waals surface area contributed by atoms with Gasteiger partial charge in [0.05, 0.1) is 0 Å². The molecule has 1 fully saturated rings. The van der Waals surface area contributed by atoms with Crippen molar-refractivity contribution in [2.45, 2.75) is 39.7 Å². The largest absolute Gasteiger partial charge is 0.350 e. The van der Waals surface area contributed by atoms with Gasteiger partial charge in [0.25, 0.3) is 0 Å². The standard InChI is InChI=1S/C13H22N4/c1-10-8-11(2)15-13(14-10)16-12(3)9-17-6-4-5-7-17/h8,12H,4-7,9H2,1-3H3,(H,14,15,16). The van der Waals surface area contributed by atoms with Crippen LogP contribution >= 0.6 is 0 Å². The fourth-order valence-corrected chi connectivity index (χ4v) is 2.41. The number of rotatable bonds is 4. The van der Waals surface area contributed by atoms with Gasteiger partial charge in [-0.2, -0.15) is 0 Å². The summed E-state index contributed by atoms with van der Waals surface area (Å²) in [6, 6.07) is 2.39. The lowest BCUT2D eigenvalue weighted by atomic mass is 10.3. The molecule has 0 aliphatic carbocycles. The average Bonchev–Trinajstić information content (AvgIpc) is 2.67. The van der Waals surface area contributed by atoms with Crippen LogP contribution < -0.4 is 5.32 Å². The van der Waals surface area contributed by atoms with Gasteiger partial charge in [0.1, 0.15) is 0 Å². The lowest BCUT2D eigenvalue weighted by molar-refractivity contribution is 0.327. The van der Waals surface area contributed by atoms with Gasteiger partial charge in [0, 0.05) is 24.0 Å². The Bertz CT molecular complexity index is 351. The quantitative estimate of drug-likeness (QED) is 0.865. The van der Waals surface area contributed by atoms with Gasteiger partial charge in [-0.05, 0) is 52.8 Å². The molecule has 94 valence electrons. The summed E-state index contributed by atoms with van der Waals surface area (Å²) >= 11 is 0. The molecule has 1 aliphatic rings. The van der Waals surface area contributed by atoms with E-state index in [0.29, 0.717) is 6.04 Å². The van der Waals surface area contributed by atoms with E-state index in [2.05, 4.69) is 27.1 Å². The van der Waals surface area contributed by atoms with Crippen molar-refractivity contribution in [2.24, 2.45) is 0 Å². The normalized spacial score (nSPS) is 18.3. The van der Waals surface area contributed by atoms with Gasteiger partial charge in [0.15, 0.2) is 0 Å². The molecule has 1 N–H and O–H groups in total. The molecule has 1 saturated heterocycles. The van der Waals surface area contributed by atoms with Gasteiger partial charge >= 0.3 is 0 Å². The molecule has 1 aliphatic heterocycles. The second kappa shape index (κ2) is 5.45. The molecule has 0 bridgehead atoms. The zero-order chi connectivity index (χ0) is 12.3. The van der Waals surface area contributed by atoms with E-state index in [1.807, 2.05) is 19.9 Å². The second-order valence-corrected chi connectivity index (χ2v) is 5.03. The van der Waals surface area contributed by atoms with Crippen molar-refractivity contribution in [3.63, 3.8) is 0 Å². The van der Waals surface area contributed by atoms with Crippen LogP contribution in [0, 0.1) is 13.8 Å². The molecule has 4 nitrogen and oxygen atoms in total. The predicted molar refractivity (Wildman–Crippen MR) is 70.3 cm³/mol. The molecule has 2 rings (SSSR count). The zero-order valence-corrected chi connectivity index (χ0v) is 11.0. The van der Waals surface area contributed by atoms with Crippen molar-refractivity contribution >= 4 is 5.95 Å². The predicted octanol–water partition coefficient (Wildman–Crippen LogP) is 1.99. The first-order valence-corrected chi connectivity index (χ1v) is 6.44. The van der Waals surface area contributed by atoms with Crippen LogP contribution in [0.15, 0.2) is 6.07 Å². The maximum Gasteiger partial charge on any atom is 0.223 e. The Balaban J connectivity index is 1.90. The number of aromatic nitrogens is 2. The molecular formula is C13H22N4. The Morgan fingerprint density at radius 1 is 1.24 bits per heavy atom. The molecule has 0 spiro atoms. The minimum absolute atomic E-state index is 0.397. The molecule has 17 heavy (non-hydrogen) atoms. The number of anilines is 1. The molecule has 1 atom stereocenters. The van der Waals surface area contributed by atoms with Gasteiger partial charge in [-0.3, -0.25) is 0 Å². The Hall–Kier alpha value is -1.16. The number of nitrogens with zero attached hydrogens (tertiary/aromatic N) is 3. The molecule has 0 aromatic carbocycles. The van der Waals surface area contributed by atoms with Gasteiger partial charge in [0.2, 0.25) is 5.95 Å². The topological polar surface area (TPSA) is 41.1 Å². The summed E-state index contributed by atoms with van der Waals surface area (Å²) < 4.78 is 0. The zero-order valence-electron chi connectivity index (χ0n) is 11.0. The lowest BCUT2D eigenvalue weighted by Crippen LogP contribution is -2.33. The molecule has 1 unspecified atom stereocenters. The lowest BCUT2D eigenvalue weighted by Gasteiger charge is -2.21. The molecule has 2 heterocycles. The van der Waals surface area contributed by atoms with Crippen molar-refractivity contribution in [1.82, 2.24) is 14.9 Å². The van der Waals surface area contributed by atoms with E-state index >= 15 is 0 Å². The molecule has 0 amide bonds. The monoisotopic (exact) mass is 234 g/mol. The molecular weight excluding hydrogens is 212 g/mol. The first-order valence-electron chi connectivity index (χ1n) is 6.44. The number of hydrogen-bond donors (Lipinski definition) is 1. The number of aryl methyl sites for hydroxylation is 2. The van der Waals surface area contributed by atoms with Crippen LogP contribution in [0.1, 0.15) is 31.2 Å². The second-order valence-electron chi connectivity index (χ2n) is 5.03. The van der Waals surface area contributed by atoms with E-state index in [4.69, 9.17) is 0 Å². The van der Waals surface area contributed by atoms with E-state index in [0.717, 1.165) is 23.9 Å². The Morgan fingerprint density at radius 2 is 1.82 bits per heavy atom. The number of likely N-dealkylation sites (tertiary alicyclic amines) is 1. The van der Waals surface area contributed by atoms with Crippen LogP contribution in [-0.4, -0.2) is 40.5 Å². The first kappa shape index (κ1) is 12.3. The summed E-state index contributed by atoms with van der Waals surface area (Å²) in [6.07, 6.45) is 2.68. The minimum atomic E-state index is 0.397. The summed E-state index contributed by atoms with van der Waals surface area (Å²) in [5.74, 6) is 0.759.